The molecule has 2 fully saturated rings. The van der Waals surface area contributed by atoms with Crippen molar-refractivity contribution in [1.29, 1.82) is 0 Å². The smallest absolute Gasteiger partial charge is 0.337 e. The van der Waals surface area contributed by atoms with Crippen molar-refractivity contribution in [2.45, 2.75) is 18.7 Å². The molecule has 0 N–H and O–H groups in total. The normalized spacial score (nSPS) is 26.0. The van der Waals surface area contributed by atoms with Crippen LogP contribution in [-0.4, -0.2) is 68.3 Å². The van der Waals surface area contributed by atoms with Gasteiger partial charge in [0.15, 0.2) is 0 Å². The van der Waals surface area contributed by atoms with Crippen LogP contribution in [0.3, 0.4) is 0 Å². The number of ether oxygens (including phenoxy) is 2. The number of fused-ring (bicyclic) bond motifs is 1. The van der Waals surface area contributed by atoms with E-state index >= 15 is 0 Å². The molecule has 0 aliphatic carbocycles. The molecule has 0 spiro atoms. The third-order valence-electron chi connectivity index (χ3n) is 4.52. The van der Waals surface area contributed by atoms with Crippen LogP contribution in [-0.2, 0) is 16.0 Å². The number of nitrogens with zero attached hydrogens (tertiary/aromatic N) is 2. The van der Waals surface area contributed by atoms with Gasteiger partial charge >= 0.3 is 5.97 Å². The average Bonchev–Trinajstić information content (AvgIpc) is 2.93. The van der Waals surface area contributed by atoms with Gasteiger partial charge in [0.2, 0.25) is 0 Å². The van der Waals surface area contributed by atoms with Gasteiger partial charge in [-0.25, -0.2) is 4.79 Å². The summed E-state index contributed by atoms with van der Waals surface area (Å²) in [6.45, 7) is 4.35. The maximum Gasteiger partial charge on any atom is 0.337 e. The number of hydrogen-bond donors (Lipinski definition) is 0. The zero-order chi connectivity index (χ0) is 15.7. The number of carbonyl (C=O) groups is 1. The van der Waals surface area contributed by atoms with Crippen LogP contribution in [0.1, 0.15) is 15.9 Å². The molecule has 120 valence electrons. The zero-order valence-electron chi connectivity index (χ0n) is 12.9. The number of likely N-dealkylation sites (N-methyl/N-ethyl adjacent to an activating group) is 1. The molecule has 22 heavy (non-hydrogen) atoms. The molecule has 3 rings (SSSR count). The van der Waals surface area contributed by atoms with E-state index in [4.69, 9.17) is 21.1 Å². The molecule has 0 saturated carbocycles. The Bertz CT molecular complexity index is 566. The van der Waals surface area contributed by atoms with Gasteiger partial charge in [0.1, 0.15) is 0 Å². The van der Waals surface area contributed by atoms with Crippen molar-refractivity contribution < 1.29 is 14.3 Å². The summed E-state index contributed by atoms with van der Waals surface area (Å²) in [6.07, 6.45) is 0.265. The van der Waals surface area contributed by atoms with E-state index in [2.05, 4.69) is 16.8 Å². The zero-order valence-corrected chi connectivity index (χ0v) is 13.7. The predicted molar refractivity (Wildman–Crippen MR) is 84.2 cm³/mol. The SMILES string of the molecule is COC(=O)c1ccc(Cl)c(CN2C[C@H]3OCCN(C)[C@H]3C2)c1. The fourth-order valence-electron chi connectivity index (χ4n) is 3.24. The van der Waals surface area contributed by atoms with Crippen LogP contribution < -0.4 is 0 Å². The highest BCUT2D eigenvalue weighted by atomic mass is 35.5. The first-order valence-electron chi connectivity index (χ1n) is 7.49. The highest BCUT2D eigenvalue weighted by Gasteiger charge is 2.38. The van der Waals surface area contributed by atoms with Gasteiger partial charge in [0.25, 0.3) is 0 Å². The lowest BCUT2D eigenvalue weighted by atomic mass is 10.1. The number of carbonyl (C=O) groups excluding carboxylic acids is 1. The number of morpholine rings is 1. The Morgan fingerprint density at radius 1 is 1.45 bits per heavy atom. The van der Waals surface area contributed by atoms with E-state index in [-0.39, 0.29) is 12.1 Å². The molecule has 1 aromatic rings. The second kappa shape index (κ2) is 6.54. The van der Waals surface area contributed by atoms with Crippen LogP contribution in [0.15, 0.2) is 18.2 Å². The fourth-order valence-corrected chi connectivity index (χ4v) is 3.42. The first kappa shape index (κ1) is 15.7. The number of methoxy groups -OCH3 is 1. The van der Waals surface area contributed by atoms with Crippen LogP contribution in [0.4, 0.5) is 0 Å². The van der Waals surface area contributed by atoms with E-state index in [1.54, 1.807) is 12.1 Å². The summed E-state index contributed by atoms with van der Waals surface area (Å²) in [6, 6.07) is 5.71. The molecule has 2 saturated heterocycles. The molecular weight excluding hydrogens is 304 g/mol. The Labute approximate surface area is 135 Å². The summed E-state index contributed by atoms with van der Waals surface area (Å²) in [5.41, 5.74) is 1.48. The highest BCUT2D eigenvalue weighted by Crippen LogP contribution is 2.26. The average molecular weight is 325 g/mol. The molecule has 0 amide bonds. The molecule has 0 bridgehead atoms. The van der Waals surface area contributed by atoms with Crippen LogP contribution in [0, 0.1) is 0 Å². The first-order chi connectivity index (χ1) is 10.6. The summed E-state index contributed by atoms with van der Waals surface area (Å²) in [5.74, 6) is -0.337. The lowest BCUT2D eigenvalue weighted by molar-refractivity contribution is -0.0370. The first-order valence-corrected chi connectivity index (χ1v) is 7.87. The number of benzene rings is 1. The lowest BCUT2D eigenvalue weighted by Gasteiger charge is -2.33. The van der Waals surface area contributed by atoms with Crippen molar-refractivity contribution >= 4 is 17.6 Å². The fraction of sp³-hybridized carbons (Fsp3) is 0.562. The quantitative estimate of drug-likeness (QED) is 0.791. The van der Waals surface area contributed by atoms with E-state index in [1.165, 1.54) is 7.11 Å². The molecule has 2 aliphatic rings. The van der Waals surface area contributed by atoms with Crippen LogP contribution in [0.2, 0.25) is 5.02 Å². The standard InChI is InChI=1S/C16H21ClN2O3/c1-18-5-6-22-15-10-19(9-14(15)18)8-12-7-11(16(20)21-2)3-4-13(12)17/h3-4,7,14-15H,5-6,8-10H2,1-2H3/t14-,15+/m0/s1. The van der Waals surface area contributed by atoms with Gasteiger partial charge in [-0.3, -0.25) is 9.80 Å². The van der Waals surface area contributed by atoms with Gasteiger partial charge in [-0.05, 0) is 30.8 Å². The van der Waals surface area contributed by atoms with Gasteiger partial charge < -0.3 is 9.47 Å². The molecule has 6 heteroatoms. The van der Waals surface area contributed by atoms with Gasteiger partial charge in [-0.1, -0.05) is 11.6 Å². The summed E-state index contributed by atoms with van der Waals surface area (Å²) in [5, 5.41) is 0.678. The minimum absolute atomic E-state index is 0.265. The maximum atomic E-state index is 11.7. The number of rotatable bonds is 3. The van der Waals surface area contributed by atoms with E-state index in [0.717, 1.165) is 31.8 Å². The minimum Gasteiger partial charge on any atom is -0.465 e. The number of hydrogen-bond acceptors (Lipinski definition) is 5. The van der Waals surface area contributed by atoms with Crippen molar-refractivity contribution in [3.63, 3.8) is 0 Å². The molecule has 1 aromatic carbocycles. The number of likely N-dealkylation sites (tertiary alicyclic amines) is 1. The van der Waals surface area contributed by atoms with Crippen molar-refractivity contribution in [3.05, 3.63) is 34.3 Å². The minimum atomic E-state index is -0.337. The third kappa shape index (κ3) is 3.13. The Hall–Kier alpha value is -1.14. The van der Waals surface area contributed by atoms with Crippen molar-refractivity contribution in [2.75, 3.05) is 40.4 Å². The van der Waals surface area contributed by atoms with Gasteiger partial charge in [0.05, 0.1) is 25.4 Å². The van der Waals surface area contributed by atoms with Crippen LogP contribution >= 0.6 is 11.6 Å². The van der Waals surface area contributed by atoms with E-state index < -0.39 is 0 Å². The molecular formula is C16H21ClN2O3. The largest absolute Gasteiger partial charge is 0.465 e. The molecule has 2 aliphatic heterocycles. The Kier molecular flexibility index (Phi) is 4.68. The summed E-state index contributed by atoms with van der Waals surface area (Å²) < 4.78 is 10.6. The van der Waals surface area contributed by atoms with Crippen LogP contribution in [0.25, 0.3) is 0 Å². The van der Waals surface area contributed by atoms with E-state index in [1.807, 2.05) is 6.07 Å². The van der Waals surface area contributed by atoms with Crippen molar-refractivity contribution in [3.8, 4) is 0 Å². The van der Waals surface area contributed by atoms with E-state index in [0.29, 0.717) is 23.2 Å². The topological polar surface area (TPSA) is 42.0 Å². The number of esters is 1. The van der Waals surface area contributed by atoms with E-state index in [9.17, 15) is 4.79 Å². The lowest BCUT2D eigenvalue weighted by Crippen LogP contribution is -2.48. The van der Waals surface area contributed by atoms with Gasteiger partial charge in [0, 0.05) is 37.2 Å². The molecule has 5 nitrogen and oxygen atoms in total. The van der Waals surface area contributed by atoms with Gasteiger partial charge in [-0.2, -0.15) is 0 Å². The highest BCUT2D eigenvalue weighted by molar-refractivity contribution is 6.31. The van der Waals surface area contributed by atoms with Crippen molar-refractivity contribution in [1.82, 2.24) is 9.80 Å². The molecule has 2 heterocycles. The Morgan fingerprint density at radius 2 is 2.27 bits per heavy atom. The molecule has 0 aromatic heterocycles. The molecule has 0 unspecified atom stereocenters. The third-order valence-corrected chi connectivity index (χ3v) is 4.88. The van der Waals surface area contributed by atoms with Crippen molar-refractivity contribution in [2.24, 2.45) is 0 Å². The summed E-state index contributed by atoms with van der Waals surface area (Å²) in [7, 11) is 3.53. The second-order valence-electron chi connectivity index (χ2n) is 5.95. The predicted octanol–water partition coefficient (Wildman–Crippen LogP) is 1.64. The monoisotopic (exact) mass is 324 g/mol. The summed E-state index contributed by atoms with van der Waals surface area (Å²) >= 11 is 6.28. The second-order valence-corrected chi connectivity index (χ2v) is 6.36. The number of halogens is 1. The Morgan fingerprint density at radius 3 is 3.00 bits per heavy atom. The molecule has 2 atom stereocenters. The summed E-state index contributed by atoms with van der Waals surface area (Å²) in [4.78, 5) is 16.4. The molecule has 0 radical (unpaired) electrons. The van der Waals surface area contributed by atoms with Crippen LogP contribution in [0.5, 0.6) is 0 Å². The van der Waals surface area contributed by atoms with Gasteiger partial charge in [-0.15, -0.1) is 0 Å². The Balaban J connectivity index is 1.72. The maximum absolute atomic E-state index is 11.7.